The van der Waals surface area contributed by atoms with Crippen molar-refractivity contribution in [3.05, 3.63) is 29.8 Å². The molecule has 1 saturated carbocycles. The van der Waals surface area contributed by atoms with Gasteiger partial charge in [0.15, 0.2) is 0 Å². The number of nitrogens with zero attached hydrogens (tertiary/aromatic N) is 1. The number of ether oxygens (including phenoxy) is 1. The molecule has 0 amide bonds. The van der Waals surface area contributed by atoms with Crippen molar-refractivity contribution >= 4 is 0 Å². The van der Waals surface area contributed by atoms with Crippen molar-refractivity contribution in [3.63, 3.8) is 0 Å². The summed E-state index contributed by atoms with van der Waals surface area (Å²) in [6.07, 6.45) is 4.24. The molecule has 1 fully saturated rings. The predicted molar refractivity (Wildman–Crippen MR) is 52.7 cm³/mol. The number of methoxy groups -OCH3 is 1. The number of hydrogen-bond donors (Lipinski definition) is 1. The quantitative estimate of drug-likeness (QED) is 0.829. The van der Waals surface area contributed by atoms with Crippen molar-refractivity contribution in [1.82, 2.24) is 4.98 Å². The Morgan fingerprint density at radius 1 is 1.60 bits per heavy atom. The molecule has 1 atom stereocenters. The molecule has 0 bridgehead atoms. The molecule has 0 saturated heterocycles. The van der Waals surface area contributed by atoms with Gasteiger partial charge in [0.05, 0.1) is 11.8 Å². The third-order valence-corrected chi connectivity index (χ3v) is 3.20. The summed E-state index contributed by atoms with van der Waals surface area (Å²) in [5.74, 6) is -0.478. The van der Waals surface area contributed by atoms with Gasteiger partial charge in [0.25, 0.3) is 0 Å². The fraction of sp³-hybridized carbons (Fsp3) is 0.545. The zero-order chi connectivity index (χ0) is 10.9. The van der Waals surface area contributed by atoms with E-state index in [1.165, 1.54) is 12.3 Å². The highest BCUT2D eigenvalue weighted by Crippen LogP contribution is 2.45. The number of hydrogen-bond acceptors (Lipinski definition) is 3. The molecule has 15 heavy (non-hydrogen) atoms. The van der Waals surface area contributed by atoms with Gasteiger partial charge < -0.3 is 9.84 Å². The summed E-state index contributed by atoms with van der Waals surface area (Å²) in [5, 5.41) is 10.1. The lowest BCUT2D eigenvalue weighted by Crippen LogP contribution is -2.45. The minimum Gasteiger partial charge on any atom is -0.385 e. The molecule has 1 heterocycles. The van der Waals surface area contributed by atoms with Crippen molar-refractivity contribution in [2.75, 3.05) is 7.11 Å². The summed E-state index contributed by atoms with van der Waals surface area (Å²) in [6.45, 7) is 0. The van der Waals surface area contributed by atoms with Crippen LogP contribution in [0.4, 0.5) is 4.39 Å². The van der Waals surface area contributed by atoms with Crippen molar-refractivity contribution in [2.24, 2.45) is 0 Å². The Labute approximate surface area is 87.9 Å². The van der Waals surface area contributed by atoms with E-state index < -0.39 is 17.5 Å². The first-order valence-electron chi connectivity index (χ1n) is 5.02. The summed E-state index contributed by atoms with van der Waals surface area (Å²) >= 11 is 0. The van der Waals surface area contributed by atoms with Crippen molar-refractivity contribution in [1.29, 1.82) is 0 Å². The van der Waals surface area contributed by atoms with Crippen LogP contribution in [0.25, 0.3) is 0 Å². The van der Waals surface area contributed by atoms with E-state index in [0.29, 0.717) is 0 Å². The van der Waals surface area contributed by atoms with Crippen LogP contribution in [0.2, 0.25) is 0 Å². The first kappa shape index (κ1) is 10.5. The molecular formula is C11H14FNO2. The maximum atomic E-state index is 13.4. The third-order valence-electron chi connectivity index (χ3n) is 3.20. The fourth-order valence-corrected chi connectivity index (χ4v) is 2.01. The first-order chi connectivity index (χ1) is 7.19. The Kier molecular flexibility index (Phi) is 2.71. The lowest BCUT2D eigenvalue weighted by molar-refractivity contribution is -0.152. The van der Waals surface area contributed by atoms with Crippen molar-refractivity contribution in [2.45, 2.75) is 31.0 Å². The normalized spacial score (nSPS) is 20.7. The molecule has 1 aromatic heterocycles. The van der Waals surface area contributed by atoms with Gasteiger partial charge in [-0.1, -0.05) is 0 Å². The lowest BCUT2D eigenvalue weighted by atomic mass is 9.74. The van der Waals surface area contributed by atoms with Crippen LogP contribution >= 0.6 is 0 Å². The Bertz CT molecular complexity index is 347. The predicted octanol–water partition coefficient (Wildman–Crippen LogP) is 1.82. The minimum absolute atomic E-state index is 0.270. The SMILES string of the molecule is COC1(C(O)c2ccncc2F)CCC1. The molecule has 1 N–H and O–H groups in total. The molecule has 0 spiro atoms. The molecule has 1 aromatic rings. The van der Waals surface area contributed by atoms with Crippen LogP contribution < -0.4 is 0 Å². The van der Waals surface area contributed by atoms with E-state index in [0.717, 1.165) is 25.5 Å². The van der Waals surface area contributed by atoms with E-state index in [2.05, 4.69) is 4.98 Å². The second-order valence-electron chi connectivity index (χ2n) is 3.92. The average molecular weight is 211 g/mol. The van der Waals surface area contributed by atoms with E-state index in [1.54, 1.807) is 7.11 Å². The van der Waals surface area contributed by atoms with Crippen molar-refractivity contribution in [3.8, 4) is 0 Å². The smallest absolute Gasteiger partial charge is 0.147 e. The highest BCUT2D eigenvalue weighted by Gasteiger charge is 2.45. The molecule has 1 unspecified atom stereocenters. The van der Waals surface area contributed by atoms with Crippen LogP contribution in [-0.4, -0.2) is 22.8 Å². The number of halogens is 1. The number of aromatic nitrogens is 1. The third kappa shape index (κ3) is 1.64. The highest BCUT2D eigenvalue weighted by molar-refractivity contribution is 5.20. The molecule has 3 nitrogen and oxygen atoms in total. The van der Waals surface area contributed by atoms with Crippen molar-refractivity contribution < 1.29 is 14.2 Å². The molecule has 2 rings (SSSR count). The molecule has 4 heteroatoms. The second kappa shape index (κ2) is 3.87. The summed E-state index contributed by atoms with van der Waals surface area (Å²) in [6, 6.07) is 1.50. The molecule has 82 valence electrons. The van der Waals surface area contributed by atoms with Gasteiger partial charge >= 0.3 is 0 Å². The average Bonchev–Trinajstić information content (AvgIpc) is 2.17. The molecule has 1 aliphatic carbocycles. The zero-order valence-electron chi connectivity index (χ0n) is 8.61. The van der Waals surface area contributed by atoms with Gasteiger partial charge in [-0.15, -0.1) is 0 Å². The zero-order valence-corrected chi connectivity index (χ0v) is 8.61. The number of aliphatic hydroxyl groups is 1. The number of pyridine rings is 1. The number of aliphatic hydroxyl groups excluding tert-OH is 1. The molecule has 0 radical (unpaired) electrons. The largest absolute Gasteiger partial charge is 0.385 e. The van der Waals surface area contributed by atoms with E-state index in [4.69, 9.17) is 4.74 Å². The highest BCUT2D eigenvalue weighted by atomic mass is 19.1. The van der Waals surface area contributed by atoms with E-state index >= 15 is 0 Å². The van der Waals surface area contributed by atoms with Crippen LogP contribution in [0, 0.1) is 5.82 Å². The van der Waals surface area contributed by atoms with E-state index in [9.17, 15) is 9.50 Å². The van der Waals surface area contributed by atoms with Crippen LogP contribution in [0.15, 0.2) is 18.5 Å². The lowest BCUT2D eigenvalue weighted by Gasteiger charge is -2.44. The van der Waals surface area contributed by atoms with Crippen LogP contribution in [0.3, 0.4) is 0 Å². The maximum Gasteiger partial charge on any atom is 0.147 e. The molecule has 1 aliphatic rings. The summed E-state index contributed by atoms with van der Waals surface area (Å²) in [7, 11) is 1.56. The van der Waals surface area contributed by atoms with E-state index in [1.807, 2.05) is 0 Å². The van der Waals surface area contributed by atoms with Crippen LogP contribution in [-0.2, 0) is 4.74 Å². The Morgan fingerprint density at radius 2 is 2.33 bits per heavy atom. The Balaban J connectivity index is 2.27. The maximum absolute atomic E-state index is 13.4. The second-order valence-corrected chi connectivity index (χ2v) is 3.92. The molecule has 0 aromatic carbocycles. The monoisotopic (exact) mass is 211 g/mol. The molecule has 0 aliphatic heterocycles. The van der Waals surface area contributed by atoms with Crippen LogP contribution in [0.5, 0.6) is 0 Å². The van der Waals surface area contributed by atoms with Gasteiger partial charge in [0.2, 0.25) is 0 Å². The molecular weight excluding hydrogens is 197 g/mol. The van der Waals surface area contributed by atoms with Gasteiger partial charge in [0.1, 0.15) is 11.9 Å². The number of rotatable bonds is 3. The van der Waals surface area contributed by atoms with Gasteiger partial charge in [0, 0.05) is 18.9 Å². The summed E-state index contributed by atoms with van der Waals surface area (Å²) < 4.78 is 18.7. The minimum atomic E-state index is -0.903. The first-order valence-corrected chi connectivity index (χ1v) is 5.02. The van der Waals surface area contributed by atoms with Gasteiger partial charge in [-0.2, -0.15) is 0 Å². The summed E-state index contributed by atoms with van der Waals surface area (Å²) in [5.41, 5.74) is -0.325. The Morgan fingerprint density at radius 3 is 2.80 bits per heavy atom. The van der Waals surface area contributed by atoms with E-state index in [-0.39, 0.29) is 5.56 Å². The topological polar surface area (TPSA) is 42.4 Å². The van der Waals surface area contributed by atoms with Gasteiger partial charge in [-0.25, -0.2) is 4.39 Å². The van der Waals surface area contributed by atoms with Gasteiger partial charge in [-0.05, 0) is 25.3 Å². The fourth-order valence-electron chi connectivity index (χ4n) is 2.01. The Hall–Kier alpha value is -1.00. The summed E-state index contributed by atoms with van der Waals surface area (Å²) in [4.78, 5) is 3.65. The standard InChI is InChI=1S/C11H14FNO2/c1-15-11(4-2-5-11)10(14)8-3-6-13-7-9(8)12/h3,6-7,10,14H,2,4-5H2,1H3. The van der Waals surface area contributed by atoms with Crippen LogP contribution in [0.1, 0.15) is 30.9 Å². The van der Waals surface area contributed by atoms with Gasteiger partial charge in [-0.3, -0.25) is 4.98 Å².